The molecule has 0 amide bonds. The first-order chi connectivity index (χ1) is 11.1. The molecule has 2 aromatic rings. The average molecular weight is 335 g/mol. The van der Waals surface area contributed by atoms with Crippen LogP contribution in [-0.2, 0) is 15.3 Å². The maximum absolute atomic E-state index is 11.7. The summed E-state index contributed by atoms with van der Waals surface area (Å²) in [5.41, 5.74) is 0.987. The number of methoxy groups -OCH3 is 1. The van der Waals surface area contributed by atoms with Gasteiger partial charge in [-0.15, -0.1) is 0 Å². The van der Waals surface area contributed by atoms with Gasteiger partial charge in [0.2, 0.25) is 5.79 Å². The lowest BCUT2D eigenvalue weighted by Gasteiger charge is -2.30. The minimum Gasteiger partial charge on any atom is -0.497 e. The molecule has 0 unspecified atom stereocenters. The van der Waals surface area contributed by atoms with Gasteiger partial charge in [0, 0.05) is 11.1 Å². The van der Waals surface area contributed by atoms with Gasteiger partial charge in [0.1, 0.15) is 5.75 Å². The van der Waals surface area contributed by atoms with Crippen LogP contribution in [0, 0.1) is 0 Å². The van der Waals surface area contributed by atoms with Crippen LogP contribution in [0.25, 0.3) is 0 Å². The van der Waals surface area contributed by atoms with Gasteiger partial charge in [0.15, 0.2) is 0 Å². The van der Waals surface area contributed by atoms with E-state index in [0.717, 1.165) is 0 Å². The molecule has 1 saturated heterocycles. The van der Waals surface area contributed by atoms with Gasteiger partial charge in [0.25, 0.3) is 0 Å². The highest BCUT2D eigenvalue weighted by Crippen LogP contribution is 2.42. The summed E-state index contributed by atoms with van der Waals surface area (Å²) in [5.74, 6) is -1.82. The fraction of sp³-hybridized carbons (Fsp3) is 0.235. The van der Waals surface area contributed by atoms with Crippen molar-refractivity contribution >= 4 is 17.6 Å². The highest BCUT2D eigenvalue weighted by molar-refractivity contribution is 6.33. The fourth-order valence-corrected chi connectivity index (χ4v) is 2.99. The summed E-state index contributed by atoms with van der Waals surface area (Å²) in [7, 11) is 1.56. The van der Waals surface area contributed by atoms with E-state index in [1.165, 1.54) is 6.07 Å². The van der Waals surface area contributed by atoms with Crippen molar-refractivity contribution in [3.8, 4) is 5.75 Å². The lowest BCUT2D eigenvalue weighted by Crippen LogP contribution is -2.31. The molecule has 0 radical (unpaired) electrons. The Morgan fingerprint density at radius 2 is 1.91 bits per heavy atom. The van der Waals surface area contributed by atoms with Crippen molar-refractivity contribution in [3.05, 3.63) is 64.2 Å². The Kier molecular flexibility index (Phi) is 4.26. The molecule has 0 spiro atoms. The lowest BCUT2D eigenvalue weighted by molar-refractivity contribution is -0.130. The van der Waals surface area contributed by atoms with Gasteiger partial charge in [-0.2, -0.15) is 0 Å². The first-order valence-electron chi connectivity index (χ1n) is 7.03. The zero-order chi connectivity index (χ0) is 16.4. The van der Waals surface area contributed by atoms with E-state index in [9.17, 15) is 9.90 Å². The van der Waals surface area contributed by atoms with Gasteiger partial charge in [-0.1, -0.05) is 35.9 Å². The van der Waals surface area contributed by atoms with Gasteiger partial charge in [0.05, 0.1) is 30.9 Å². The number of ether oxygens (including phenoxy) is 3. The van der Waals surface area contributed by atoms with E-state index in [-0.39, 0.29) is 10.6 Å². The zero-order valence-corrected chi connectivity index (χ0v) is 13.2. The molecule has 0 aromatic heterocycles. The highest BCUT2D eigenvalue weighted by Gasteiger charge is 2.44. The molecule has 1 aliphatic rings. The zero-order valence-electron chi connectivity index (χ0n) is 12.4. The standard InChI is InChI=1S/C17H15ClO5/c1-21-12-5-2-4-11(10-12)17(22-8-9-23-17)13-6-3-7-14(18)15(13)16(19)20/h2-7,10H,8-9H2,1H3,(H,19,20). The van der Waals surface area contributed by atoms with E-state index in [4.69, 9.17) is 25.8 Å². The molecule has 23 heavy (non-hydrogen) atoms. The monoisotopic (exact) mass is 334 g/mol. The number of carboxylic acid groups (broad SMARTS) is 1. The number of carboxylic acids is 1. The van der Waals surface area contributed by atoms with Gasteiger partial charge in [-0.3, -0.25) is 0 Å². The summed E-state index contributed by atoms with van der Waals surface area (Å²) in [5, 5.41) is 9.68. The van der Waals surface area contributed by atoms with Crippen molar-refractivity contribution in [1.29, 1.82) is 0 Å². The summed E-state index contributed by atoms with van der Waals surface area (Å²) in [4.78, 5) is 11.7. The van der Waals surface area contributed by atoms with Crippen LogP contribution in [-0.4, -0.2) is 31.4 Å². The topological polar surface area (TPSA) is 65.0 Å². The molecule has 120 valence electrons. The SMILES string of the molecule is COc1cccc(C2(c3cccc(Cl)c3C(=O)O)OCCO2)c1. The maximum Gasteiger partial charge on any atom is 0.337 e. The molecule has 1 fully saturated rings. The number of hydrogen-bond donors (Lipinski definition) is 1. The Balaban J connectivity index is 2.24. The van der Waals surface area contributed by atoms with Gasteiger partial charge in [-0.05, 0) is 18.2 Å². The quantitative estimate of drug-likeness (QED) is 0.929. The molecule has 2 aromatic carbocycles. The van der Waals surface area contributed by atoms with E-state index in [1.807, 2.05) is 0 Å². The lowest BCUT2D eigenvalue weighted by atomic mass is 9.92. The second-order valence-electron chi connectivity index (χ2n) is 5.01. The molecular weight excluding hydrogens is 320 g/mol. The second-order valence-corrected chi connectivity index (χ2v) is 5.42. The van der Waals surface area contributed by atoms with Crippen LogP contribution in [0.2, 0.25) is 5.02 Å². The molecule has 0 aliphatic carbocycles. The molecule has 0 atom stereocenters. The van der Waals surface area contributed by atoms with E-state index in [2.05, 4.69) is 0 Å². The van der Waals surface area contributed by atoms with Crippen LogP contribution in [0.15, 0.2) is 42.5 Å². The maximum atomic E-state index is 11.7. The largest absolute Gasteiger partial charge is 0.497 e. The molecule has 0 bridgehead atoms. The third-order valence-electron chi connectivity index (χ3n) is 3.73. The van der Waals surface area contributed by atoms with Crippen LogP contribution in [0.1, 0.15) is 21.5 Å². The predicted molar refractivity (Wildman–Crippen MR) is 84.1 cm³/mol. The highest BCUT2D eigenvalue weighted by atomic mass is 35.5. The molecule has 1 N–H and O–H groups in total. The van der Waals surface area contributed by atoms with Crippen molar-refractivity contribution < 1.29 is 24.1 Å². The summed E-state index contributed by atoms with van der Waals surface area (Å²) in [6, 6.07) is 12.0. The van der Waals surface area contributed by atoms with E-state index < -0.39 is 11.8 Å². The summed E-state index contributed by atoms with van der Waals surface area (Å²) >= 11 is 6.09. The van der Waals surface area contributed by atoms with Crippen LogP contribution in [0.3, 0.4) is 0 Å². The fourth-order valence-electron chi connectivity index (χ4n) is 2.73. The molecule has 5 nitrogen and oxygen atoms in total. The number of rotatable bonds is 4. The number of carbonyl (C=O) groups is 1. The smallest absolute Gasteiger partial charge is 0.337 e. The predicted octanol–water partition coefficient (Wildman–Crippen LogP) is 3.29. The third-order valence-corrected chi connectivity index (χ3v) is 4.04. The number of hydrogen-bond acceptors (Lipinski definition) is 4. The third kappa shape index (κ3) is 2.67. The summed E-state index contributed by atoms with van der Waals surface area (Å²) < 4.78 is 17.0. The van der Waals surface area contributed by atoms with Crippen LogP contribution in [0.4, 0.5) is 0 Å². The molecule has 6 heteroatoms. The van der Waals surface area contributed by atoms with E-state index >= 15 is 0 Å². The van der Waals surface area contributed by atoms with Crippen molar-refractivity contribution in [1.82, 2.24) is 0 Å². The minimum atomic E-state index is -1.31. The van der Waals surface area contributed by atoms with Crippen molar-refractivity contribution in [2.75, 3.05) is 20.3 Å². The van der Waals surface area contributed by atoms with Crippen molar-refractivity contribution in [2.45, 2.75) is 5.79 Å². The number of aromatic carboxylic acids is 1. The summed E-state index contributed by atoms with van der Waals surface area (Å²) in [6.45, 7) is 0.700. The van der Waals surface area contributed by atoms with Crippen LogP contribution in [0.5, 0.6) is 5.75 Å². The molecule has 3 rings (SSSR count). The Bertz CT molecular complexity index is 738. The molecular formula is C17H15ClO5. The van der Waals surface area contributed by atoms with Crippen LogP contribution >= 0.6 is 11.6 Å². The van der Waals surface area contributed by atoms with Crippen molar-refractivity contribution in [3.63, 3.8) is 0 Å². The molecule has 0 saturated carbocycles. The number of halogens is 1. The van der Waals surface area contributed by atoms with Gasteiger partial charge >= 0.3 is 5.97 Å². The Labute approximate surface area is 138 Å². The van der Waals surface area contributed by atoms with Gasteiger partial charge < -0.3 is 19.3 Å². The summed E-state index contributed by atoms with van der Waals surface area (Å²) in [6.07, 6.45) is 0. The Hall–Kier alpha value is -2.08. The first-order valence-corrected chi connectivity index (χ1v) is 7.41. The molecule has 1 aliphatic heterocycles. The Morgan fingerprint density at radius 1 is 1.22 bits per heavy atom. The number of benzene rings is 2. The Morgan fingerprint density at radius 3 is 2.57 bits per heavy atom. The van der Waals surface area contributed by atoms with Crippen molar-refractivity contribution in [2.24, 2.45) is 0 Å². The van der Waals surface area contributed by atoms with Crippen LogP contribution < -0.4 is 4.74 Å². The second kappa shape index (κ2) is 6.20. The van der Waals surface area contributed by atoms with E-state index in [1.54, 1.807) is 43.5 Å². The average Bonchev–Trinajstić information content (AvgIpc) is 3.05. The first kappa shape index (κ1) is 15.8. The molecule has 1 heterocycles. The minimum absolute atomic E-state index is 0.0288. The normalized spacial score (nSPS) is 16.3. The van der Waals surface area contributed by atoms with E-state index in [0.29, 0.717) is 30.1 Å². The van der Waals surface area contributed by atoms with Gasteiger partial charge in [-0.25, -0.2) is 4.79 Å².